The third-order valence-corrected chi connectivity index (χ3v) is 2.29. The highest BCUT2D eigenvalue weighted by atomic mass is 19.3. The second-order valence-corrected chi connectivity index (χ2v) is 4.73. The van der Waals surface area contributed by atoms with Gasteiger partial charge in [-0.15, -0.1) is 0 Å². The Bertz CT molecular complexity index is 157. The van der Waals surface area contributed by atoms with Crippen molar-refractivity contribution in [2.45, 2.75) is 46.6 Å². The van der Waals surface area contributed by atoms with Crippen molar-refractivity contribution in [3.8, 4) is 0 Å². The topological polar surface area (TPSA) is 21.3 Å². The summed E-state index contributed by atoms with van der Waals surface area (Å²) in [4.78, 5) is 0. The highest BCUT2D eigenvalue weighted by molar-refractivity contribution is 4.79. The van der Waals surface area contributed by atoms with Crippen LogP contribution in [0, 0.1) is 5.41 Å². The molecule has 0 aromatic rings. The van der Waals surface area contributed by atoms with Crippen molar-refractivity contribution in [3.05, 3.63) is 0 Å². The molecule has 0 saturated heterocycles. The van der Waals surface area contributed by atoms with Crippen LogP contribution in [0.5, 0.6) is 0 Å². The van der Waals surface area contributed by atoms with Gasteiger partial charge in [-0.2, -0.15) is 0 Å². The Morgan fingerprint density at radius 3 is 2.27 bits per heavy atom. The summed E-state index contributed by atoms with van der Waals surface area (Å²) in [6, 6.07) is 0.306. The minimum Gasteiger partial charge on any atom is -0.375 e. The SMILES string of the molecule is CCNC(CCOCC(F)F)C(C)(C)C. The quantitative estimate of drug-likeness (QED) is 0.670. The summed E-state index contributed by atoms with van der Waals surface area (Å²) in [5, 5.41) is 3.34. The van der Waals surface area contributed by atoms with E-state index in [9.17, 15) is 8.78 Å². The van der Waals surface area contributed by atoms with Gasteiger partial charge in [-0.1, -0.05) is 27.7 Å². The molecule has 0 aliphatic heterocycles. The minimum absolute atomic E-state index is 0.129. The van der Waals surface area contributed by atoms with E-state index in [1.807, 2.05) is 6.92 Å². The van der Waals surface area contributed by atoms with Gasteiger partial charge in [0, 0.05) is 12.6 Å². The zero-order valence-electron chi connectivity index (χ0n) is 10.1. The number of halogens is 2. The summed E-state index contributed by atoms with van der Waals surface area (Å²) in [6.45, 7) is 9.26. The van der Waals surface area contributed by atoms with Gasteiger partial charge in [0.1, 0.15) is 6.61 Å². The summed E-state index contributed by atoms with van der Waals surface area (Å²) in [5.74, 6) is 0. The van der Waals surface area contributed by atoms with Gasteiger partial charge in [-0.05, 0) is 18.4 Å². The van der Waals surface area contributed by atoms with Crippen LogP contribution in [-0.4, -0.2) is 32.2 Å². The molecule has 0 saturated carbocycles. The van der Waals surface area contributed by atoms with Crippen molar-refractivity contribution in [3.63, 3.8) is 0 Å². The van der Waals surface area contributed by atoms with Crippen LogP contribution >= 0.6 is 0 Å². The number of hydrogen-bond acceptors (Lipinski definition) is 2. The van der Waals surface area contributed by atoms with E-state index in [1.165, 1.54) is 0 Å². The van der Waals surface area contributed by atoms with Gasteiger partial charge in [-0.25, -0.2) is 8.78 Å². The number of hydrogen-bond donors (Lipinski definition) is 1. The molecule has 1 N–H and O–H groups in total. The maximum atomic E-state index is 11.8. The number of ether oxygens (including phenoxy) is 1. The zero-order chi connectivity index (χ0) is 11.9. The van der Waals surface area contributed by atoms with E-state index in [2.05, 4.69) is 26.1 Å². The first kappa shape index (κ1) is 14.8. The van der Waals surface area contributed by atoms with Crippen molar-refractivity contribution in [2.75, 3.05) is 19.8 Å². The molecule has 0 heterocycles. The van der Waals surface area contributed by atoms with Crippen LogP contribution in [0.15, 0.2) is 0 Å². The van der Waals surface area contributed by atoms with E-state index < -0.39 is 13.0 Å². The Morgan fingerprint density at radius 1 is 1.27 bits per heavy atom. The third-order valence-electron chi connectivity index (χ3n) is 2.29. The highest BCUT2D eigenvalue weighted by Gasteiger charge is 2.23. The normalized spacial score (nSPS) is 14.6. The van der Waals surface area contributed by atoms with Gasteiger partial charge in [0.15, 0.2) is 0 Å². The van der Waals surface area contributed by atoms with Crippen molar-refractivity contribution in [1.29, 1.82) is 0 Å². The lowest BCUT2D eigenvalue weighted by Crippen LogP contribution is -2.41. The van der Waals surface area contributed by atoms with E-state index in [1.54, 1.807) is 0 Å². The van der Waals surface area contributed by atoms with Gasteiger partial charge < -0.3 is 10.1 Å². The summed E-state index contributed by atoms with van der Waals surface area (Å²) < 4.78 is 28.5. The van der Waals surface area contributed by atoms with Crippen molar-refractivity contribution in [2.24, 2.45) is 5.41 Å². The van der Waals surface area contributed by atoms with Crippen LogP contribution in [-0.2, 0) is 4.74 Å². The summed E-state index contributed by atoms with van der Waals surface area (Å²) in [6.07, 6.45) is -1.60. The molecule has 2 nitrogen and oxygen atoms in total. The maximum absolute atomic E-state index is 11.8. The van der Waals surface area contributed by atoms with Gasteiger partial charge in [-0.3, -0.25) is 0 Å². The Morgan fingerprint density at radius 2 is 1.87 bits per heavy atom. The molecule has 92 valence electrons. The maximum Gasteiger partial charge on any atom is 0.261 e. The molecule has 0 aromatic carbocycles. The predicted octanol–water partition coefficient (Wildman–Crippen LogP) is 2.68. The van der Waals surface area contributed by atoms with Crippen LogP contribution in [0.25, 0.3) is 0 Å². The van der Waals surface area contributed by atoms with Crippen LogP contribution in [0.4, 0.5) is 8.78 Å². The van der Waals surface area contributed by atoms with Gasteiger partial charge in [0.25, 0.3) is 6.43 Å². The fourth-order valence-electron chi connectivity index (χ4n) is 1.46. The van der Waals surface area contributed by atoms with Crippen molar-refractivity contribution < 1.29 is 13.5 Å². The lowest BCUT2D eigenvalue weighted by atomic mass is 9.85. The molecule has 4 heteroatoms. The molecule has 0 aromatic heterocycles. The molecule has 0 aliphatic carbocycles. The summed E-state index contributed by atoms with van der Waals surface area (Å²) in [7, 11) is 0. The predicted molar refractivity (Wildman–Crippen MR) is 58.4 cm³/mol. The molecule has 1 unspecified atom stereocenters. The molecular weight excluding hydrogens is 200 g/mol. The second-order valence-electron chi connectivity index (χ2n) is 4.73. The number of nitrogens with one attached hydrogen (secondary N) is 1. The molecule has 0 amide bonds. The molecule has 1 atom stereocenters. The van der Waals surface area contributed by atoms with Gasteiger partial charge >= 0.3 is 0 Å². The summed E-state index contributed by atoms with van der Waals surface area (Å²) in [5.41, 5.74) is 0.129. The standard InChI is InChI=1S/C11H23F2NO/c1-5-14-9(11(2,3)4)6-7-15-8-10(12)13/h9-10,14H,5-8H2,1-4H3. The first-order chi connectivity index (χ1) is 6.88. The lowest BCUT2D eigenvalue weighted by Gasteiger charge is -2.31. The average molecular weight is 223 g/mol. The van der Waals surface area contributed by atoms with E-state index in [4.69, 9.17) is 4.74 Å². The fraction of sp³-hybridized carbons (Fsp3) is 1.00. The molecule has 0 rings (SSSR count). The van der Waals surface area contributed by atoms with E-state index in [0.717, 1.165) is 13.0 Å². The van der Waals surface area contributed by atoms with Crippen LogP contribution < -0.4 is 5.32 Å². The second kappa shape index (κ2) is 7.12. The minimum atomic E-state index is -2.36. The smallest absolute Gasteiger partial charge is 0.261 e. The Balaban J connectivity index is 3.77. The molecule has 0 aliphatic rings. The largest absolute Gasteiger partial charge is 0.375 e. The molecular formula is C11H23F2NO. The van der Waals surface area contributed by atoms with E-state index in [0.29, 0.717) is 12.6 Å². The van der Waals surface area contributed by atoms with Crippen molar-refractivity contribution >= 4 is 0 Å². The number of alkyl halides is 2. The number of rotatable bonds is 7. The molecule has 0 fully saturated rings. The Hall–Kier alpha value is -0.220. The van der Waals surface area contributed by atoms with E-state index in [-0.39, 0.29) is 5.41 Å². The van der Waals surface area contributed by atoms with E-state index >= 15 is 0 Å². The lowest BCUT2D eigenvalue weighted by molar-refractivity contribution is 0.0111. The monoisotopic (exact) mass is 223 g/mol. The Labute approximate surface area is 91.4 Å². The molecule has 0 radical (unpaired) electrons. The van der Waals surface area contributed by atoms with Crippen LogP contribution in [0.1, 0.15) is 34.1 Å². The first-order valence-electron chi connectivity index (χ1n) is 5.47. The molecule has 0 spiro atoms. The average Bonchev–Trinajstić information content (AvgIpc) is 2.08. The molecule has 0 bridgehead atoms. The van der Waals surface area contributed by atoms with Crippen LogP contribution in [0.2, 0.25) is 0 Å². The zero-order valence-corrected chi connectivity index (χ0v) is 10.1. The summed E-state index contributed by atoms with van der Waals surface area (Å²) >= 11 is 0. The first-order valence-corrected chi connectivity index (χ1v) is 5.47. The fourth-order valence-corrected chi connectivity index (χ4v) is 1.46. The molecule has 15 heavy (non-hydrogen) atoms. The van der Waals surface area contributed by atoms with Gasteiger partial charge in [0.2, 0.25) is 0 Å². The Kier molecular flexibility index (Phi) is 7.02. The third kappa shape index (κ3) is 7.68. The van der Waals surface area contributed by atoms with Gasteiger partial charge in [0.05, 0.1) is 0 Å². The van der Waals surface area contributed by atoms with Crippen LogP contribution in [0.3, 0.4) is 0 Å². The van der Waals surface area contributed by atoms with Crippen molar-refractivity contribution in [1.82, 2.24) is 5.32 Å². The highest BCUT2D eigenvalue weighted by Crippen LogP contribution is 2.21.